The fourth-order valence-electron chi connectivity index (χ4n) is 2.59. The zero-order valence-corrected chi connectivity index (χ0v) is 11.5. The van der Waals surface area contributed by atoms with Crippen LogP contribution in [-0.4, -0.2) is 29.0 Å². The zero-order chi connectivity index (χ0) is 14.8. The minimum absolute atomic E-state index is 0.157. The Kier molecular flexibility index (Phi) is 3.74. The van der Waals surface area contributed by atoms with Gasteiger partial charge in [-0.05, 0) is 19.3 Å². The maximum atomic E-state index is 11.7. The Morgan fingerprint density at radius 2 is 2.40 bits per heavy atom. The molecule has 1 aliphatic rings. The number of carbonyl (C=O) groups is 1. The summed E-state index contributed by atoms with van der Waals surface area (Å²) in [5.74, 6) is 0.316. The molecule has 2 heterocycles. The highest BCUT2D eigenvalue weighted by molar-refractivity contribution is 5.81. The Labute approximate surface area is 117 Å². The van der Waals surface area contributed by atoms with Gasteiger partial charge in [0.1, 0.15) is 17.5 Å². The number of piperidine rings is 1. The van der Waals surface area contributed by atoms with Gasteiger partial charge in [-0.15, -0.1) is 0 Å². The summed E-state index contributed by atoms with van der Waals surface area (Å²) in [6.45, 7) is 3.20. The van der Waals surface area contributed by atoms with E-state index >= 15 is 0 Å². The van der Waals surface area contributed by atoms with Crippen molar-refractivity contribution in [1.82, 2.24) is 9.97 Å². The van der Waals surface area contributed by atoms with Crippen molar-refractivity contribution < 1.29 is 4.79 Å². The van der Waals surface area contributed by atoms with E-state index in [0.29, 0.717) is 18.9 Å². The first kappa shape index (κ1) is 14.1. The second kappa shape index (κ2) is 5.33. The Morgan fingerprint density at radius 1 is 1.65 bits per heavy atom. The van der Waals surface area contributed by atoms with Gasteiger partial charge in [0.25, 0.3) is 0 Å². The van der Waals surface area contributed by atoms with Crippen LogP contribution in [0.4, 0.5) is 11.8 Å². The van der Waals surface area contributed by atoms with Gasteiger partial charge in [-0.25, -0.2) is 4.98 Å². The molecule has 0 spiro atoms. The Hall–Kier alpha value is -2.36. The van der Waals surface area contributed by atoms with Crippen LogP contribution in [0.25, 0.3) is 0 Å². The molecule has 0 aliphatic carbocycles. The first-order valence-corrected chi connectivity index (χ1v) is 6.60. The predicted octanol–water partition coefficient (Wildman–Crippen LogP) is 0.412. The maximum Gasteiger partial charge on any atom is 0.227 e. The number of hydrogen-bond acceptors (Lipinski definition) is 6. The molecule has 0 aromatic carbocycles. The van der Waals surface area contributed by atoms with E-state index in [2.05, 4.69) is 9.97 Å². The summed E-state index contributed by atoms with van der Waals surface area (Å²) in [5, 5.41) is 8.83. The molecule has 20 heavy (non-hydrogen) atoms. The Balaban J connectivity index is 2.27. The summed E-state index contributed by atoms with van der Waals surface area (Å²) < 4.78 is 0. The van der Waals surface area contributed by atoms with Crippen molar-refractivity contribution in [2.75, 3.05) is 23.7 Å². The van der Waals surface area contributed by atoms with Gasteiger partial charge in [-0.3, -0.25) is 4.79 Å². The second-order valence-corrected chi connectivity index (χ2v) is 5.10. The third-order valence-electron chi connectivity index (χ3n) is 3.99. The van der Waals surface area contributed by atoms with E-state index in [4.69, 9.17) is 16.7 Å². The molecule has 1 amide bonds. The Bertz CT molecular complexity index is 566. The molecule has 1 aromatic heterocycles. The van der Waals surface area contributed by atoms with E-state index in [1.54, 1.807) is 0 Å². The highest BCUT2D eigenvalue weighted by Crippen LogP contribution is 2.34. The predicted molar refractivity (Wildman–Crippen MR) is 74.5 cm³/mol. The lowest BCUT2D eigenvalue weighted by molar-refractivity contribution is -0.128. The summed E-state index contributed by atoms with van der Waals surface area (Å²) in [5.41, 5.74) is 11.0. The van der Waals surface area contributed by atoms with Crippen molar-refractivity contribution in [3.8, 4) is 6.07 Å². The molecule has 0 radical (unpaired) electrons. The van der Waals surface area contributed by atoms with Gasteiger partial charge < -0.3 is 16.4 Å². The smallest absolute Gasteiger partial charge is 0.227 e. The number of anilines is 2. The molecule has 1 aromatic rings. The van der Waals surface area contributed by atoms with E-state index in [0.717, 1.165) is 19.4 Å². The Morgan fingerprint density at radius 3 is 2.95 bits per heavy atom. The monoisotopic (exact) mass is 274 g/mol. The molecule has 1 saturated heterocycles. The van der Waals surface area contributed by atoms with Crippen LogP contribution in [0.15, 0.2) is 6.20 Å². The standard InChI is InChI=1S/C13H18N6O/c1-2-13(11(16)20)4-3-5-19(8-13)12-17-7-9(6-14)10(15)18-12/h7H,2-5,8H2,1H3,(H2,16,20)(H2,15,17,18)/t13-/m0/s1. The van der Waals surface area contributed by atoms with E-state index in [1.807, 2.05) is 17.9 Å². The quantitative estimate of drug-likeness (QED) is 0.823. The van der Waals surface area contributed by atoms with Crippen molar-refractivity contribution in [3.05, 3.63) is 11.8 Å². The average Bonchev–Trinajstić information content (AvgIpc) is 2.47. The fraction of sp³-hybridized carbons (Fsp3) is 0.538. The fourth-order valence-corrected chi connectivity index (χ4v) is 2.59. The summed E-state index contributed by atoms with van der Waals surface area (Å²) >= 11 is 0. The van der Waals surface area contributed by atoms with Gasteiger partial charge in [-0.2, -0.15) is 10.2 Å². The van der Waals surface area contributed by atoms with Gasteiger partial charge in [0.15, 0.2) is 0 Å². The van der Waals surface area contributed by atoms with Gasteiger partial charge in [0.2, 0.25) is 11.9 Å². The van der Waals surface area contributed by atoms with Gasteiger partial charge in [-0.1, -0.05) is 6.92 Å². The molecule has 106 valence electrons. The highest BCUT2D eigenvalue weighted by Gasteiger charge is 2.39. The number of nitrogen functional groups attached to an aromatic ring is 1. The van der Waals surface area contributed by atoms with E-state index in [9.17, 15) is 4.79 Å². The first-order valence-electron chi connectivity index (χ1n) is 6.60. The number of nitriles is 1. The van der Waals surface area contributed by atoms with Crippen LogP contribution in [0.5, 0.6) is 0 Å². The van der Waals surface area contributed by atoms with Crippen LogP contribution in [0, 0.1) is 16.7 Å². The molecule has 1 aliphatic heterocycles. The number of amides is 1. The molecule has 0 bridgehead atoms. The van der Waals surface area contributed by atoms with Crippen LogP contribution in [-0.2, 0) is 4.79 Å². The van der Waals surface area contributed by atoms with Crippen molar-refractivity contribution in [1.29, 1.82) is 5.26 Å². The van der Waals surface area contributed by atoms with Gasteiger partial charge in [0.05, 0.1) is 11.6 Å². The zero-order valence-electron chi connectivity index (χ0n) is 11.5. The normalized spacial score (nSPS) is 22.3. The molecular formula is C13H18N6O. The van der Waals surface area contributed by atoms with E-state index < -0.39 is 5.41 Å². The van der Waals surface area contributed by atoms with Crippen molar-refractivity contribution in [3.63, 3.8) is 0 Å². The summed E-state index contributed by atoms with van der Waals surface area (Å²) in [7, 11) is 0. The average molecular weight is 274 g/mol. The number of hydrogen-bond donors (Lipinski definition) is 2. The minimum atomic E-state index is -0.537. The SMILES string of the molecule is CC[C@]1(C(N)=O)CCCN(c2ncc(C#N)c(N)n2)C1. The molecule has 7 nitrogen and oxygen atoms in total. The number of carbonyl (C=O) groups excluding carboxylic acids is 1. The van der Waals surface area contributed by atoms with Crippen LogP contribution in [0.1, 0.15) is 31.7 Å². The lowest BCUT2D eigenvalue weighted by Crippen LogP contribution is -2.50. The molecule has 1 atom stereocenters. The topological polar surface area (TPSA) is 122 Å². The summed E-state index contributed by atoms with van der Waals surface area (Å²) in [4.78, 5) is 21.9. The van der Waals surface area contributed by atoms with E-state index in [1.165, 1.54) is 6.20 Å². The van der Waals surface area contributed by atoms with Crippen LogP contribution >= 0.6 is 0 Å². The number of nitrogens with zero attached hydrogens (tertiary/aromatic N) is 4. The van der Waals surface area contributed by atoms with Crippen molar-refractivity contribution in [2.45, 2.75) is 26.2 Å². The molecule has 4 N–H and O–H groups in total. The van der Waals surface area contributed by atoms with Crippen LogP contribution < -0.4 is 16.4 Å². The molecule has 1 fully saturated rings. The maximum absolute atomic E-state index is 11.7. The molecule has 0 unspecified atom stereocenters. The van der Waals surface area contributed by atoms with Crippen molar-refractivity contribution >= 4 is 17.7 Å². The summed E-state index contributed by atoms with van der Waals surface area (Å²) in [6, 6.07) is 1.93. The molecule has 7 heteroatoms. The third kappa shape index (κ3) is 2.37. The van der Waals surface area contributed by atoms with Crippen LogP contribution in [0.2, 0.25) is 0 Å². The third-order valence-corrected chi connectivity index (χ3v) is 3.99. The van der Waals surface area contributed by atoms with Crippen molar-refractivity contribution in [2.24, 2.45) is 11.1 Å². The van der Waals surface area contributed by atoms with Crippen LogP contribution in [0.3, 0.4) is 0 Å². The number of primary amides is 1. The minimum Gasteiger partial charge on any atom is -0.382 e. The molecular weight excluding hydrogens is 256 g/mol. The number of rotatable bonds is 3. The first-order chi connectivity index (χ1) is 9.52. The number of nitrogens with two attached hydrogens (primary N) is 2. The molecule has 0 saturated carbocycles. The van der Waals surface area contributed by atoms with Gasteiger partial charge >= 0.3 is 0 Å². The summed E-state index contributed by atoms with van der Waals surface area (Å²) in [6.07, 6.45) is 3.72. The highest BCUT2D eigenvalue weighted by atomic mass is 16.1. The lowest BCUT2D eigenvalue weighted by atomic mass is 9.77. The molecule has 2 rings (SSSR count). The van der Waals surface area contributed by atoms with E-state index in [-0.39, 0.29) is 17.3 Å². The number of aromatic nitrogens is 2. The second-order valence-electron chi connectivity index (χ2n) is 5.10. The van der Waals surface area contributed by atoms with Gasteiger partial charge in [0, 0.05) is 13.1 Å². The largest absolute Gasteiger partial charge is 0.382 e. The lowest BCUT2D eigenvalue weighted by Gasteiger charge is -2.40.